The van der Waals surface area contributed by atoms with E-state index in [9.17, 15) is 14.4 Å². The first kappa shape index (κ1) is 30.0. The van der Waals surface area contributed by atoms with Crippen LogP contribution in [0.4, 0.5) is 0 Å². The summed E-state index contributed by atoms with van der Waals surface area (Å²) in [5, 5.41) is 1.00. The van der Waals surface area contributed by atoms with E-state index in [1.54, 1.807) is 37.5 Å². The van der Waals surface area contributed by atoms with Gasteiger partial charge in [-0.2, -0.15) is 0 Å². The van der Waals surface area contributed by atoms with Gasteiger partial charge >= 0.3 is 11.9 Å². The number of rotatable bonds is 8. The summed E-state index contributed by atoms with van der Waals surface area (Å²) in [6, 6.07) is 22.6. The minimum Gasteiger partial charge on any atom is -0.463 e. The van der Waals surface area contributed by atoms with E-state index in [4.69, 9.17) is 14.5 Å². The Bertz CT molecular complexity index is 2130. The largest absolute Gasteiger partial charge is 0.463 e. The zero-order valence-electron chi connectivity index (χ0n) is 25.6. The summed E-state index contributed by atoms with van der Waals surface area (Å²) in [5.41, 5.74) is 6.03. The van der Waals surface area contributed by atoms with Gasteiger partial charge in [0.05, 0.1) is 40.6 Å². The number of allylic oxidation sites excluding steroid dienone is 1. The standard InChI is InChI=1S/C36H33N3O5S/c1-5-43-34(41)26-17-13-24(14-18-26)20-38-21-27(28-9-7-8-10-29(28)38)19-30-33(40)39-32(25-15-11-22(3)12-16-25)31(35(42)44-6-2)23(4)37-36(39)45-30/h7-19,21,32H,5-6,20H2,1-4H3/b30-19-/t32-/m0/s1. The van der Waals surface area contributed by atoms with Crippen molar-refractivity contribution in [1.29, 1.82) is 0 Å². The molecule has 0 bridgehead atoms. The number of aryl methyl sites for hydroxylation is 1. The van der Waals surface area contributed by atoms with Crippen molar-refractivity contribution in [2.24, 2.45) is 4.99 Å². The summed E-state index contributed by atoms with van der Waals surface area (Å²) in [6.07, 6.45) is 3.94. The molecule has 6 rings (SSSR count). The van der Waals surface area contributed by atoms with E-state index < -0.39 is 12.0 Å². The van der Waals surface area contributed by atoms with Gasteiger partial charge in [-0.25, -0.2) is 14.6 Å². The van der Waals surface area contributed by atoms with Crippen LogP contribution in [-0.4, -0.2) is 34.3 Å². The third-order valence-corrected chi connectivity index (χ3v) is 8.82. The summed E-state index contributed by atoms with van der Waals surface area (Å²) < 4.78 is 14.8. The van der Waals surface area contributed by atoms with Gasteiger partial charge in [0.25, 0.3) is 5.56 Å². The van der Waals surface area contributed by atoms with Gasteiger partial charge < -0.3 is 14.0 Å². The Morgan fingerprint density at radius 1 is 0.911 bits per heavy atom. The maximum absolute atomic E-state index is 14.1. The van der Waals surface area contributed by atoms with Crippen molar-refractivity contribution in [2.45, 2.75) is 40.3 Å². The molecule has 0 unspecified atom stereocenters. The van der Waals surface area contributed by atoms with E-state index in [0.29, 0.717) is 39.3 Å². The number of carbonyl (C=O) groups is 2. The Morgan fingerprint density at radius 3 is 2.31 bits per heavy atom. The highest BCUT2D eigenvalue weighted by atomic mass is 32.1. The molecule has 0 amide bonds. The lowest BCUT2D eigenvalue weighted by atomic mass is 9.95. The topological polar surface area (TPSA) is 91.9 Å². The first-order valence-corrected chi connectivity index (χ1v) is 15.7. The lowest BCUT2D eigenvalue weighted by Crippen LogP contribution is -2.39. The maximum atomic E-state index is 14.1. The van der Waals surface area contributed by atoms with Gasteiger partial charge in [-0.05, 0) is 63.1 Å². The Morgan fingerprint density at radius 2 is 1.60 bits per heavy atom. The molecule has 0 spiro atoms. The van der Waals surface area contributed by atoms with Gasteiger partial charge in [-0.1, -0.05) is 71.5 Å². The fourth-order valence-electron chi connectivity index (χ4n) is 5.68. The smallest absolute Gasteiger partial charge is 0.338 e. The molecule has 5 aromatic rings. The molecule has 0 fully saturated rings. The van der Waals surface area contributed by atoms with Gasteiger partial charge in [0.2, 0.25) is 0 Å². The lowest BCUT2D eigenvalue weighted by Gasteiger charge is -2.24. The molecule has 3 heterocycles. The summed E-state index contributed by atoms with van der Waals surface area (Å²) in [7, 11) is 0. The second kappa shape index (κ2) is 12.5. The van der Waals surface area contributed by atoms with Crippen LogP contribution in [0.15, 0.2) is 100 Å². The van der Waals surface area contributed by atoms with Crippen LogP contribution < -0.4 is 14.9 Å². The number of benzene rings is 3. The Labute approximate surface area is 264 Å². The van der Waals surface area contributed by atoms with Crippen molar-refractivity contribution >= 4 is 40.3 Å². The minimum absolute atomic E-state index is 0.218. The van der Waals surface area contributed by atoms with E-state index in [1.165, 1.54) is 11.3 Å². The minimum atomic E-state index is -0.651. The fraction of sp³-hybridized carbons (Fsp3) is 0.222. The van der Waals surface area contributed by atoms with Gasteiger partial charge in [-0.3, -0.25) is 9.36 Å². The molecule has 0 saturated heterocycles. The highest BCUT2D eigenvalue weighted by Crippen LogP contribution is 2.31. The zero-order chi connectivity index (χ0) is 31.7. The van der Waals surface area contributed by atoms with Crippen molar-refractivity contribution < 1.29 is 19.1 Å². The highest BCUT2D eigenvalue weighted by molar-refractivity contribution is 7.07. The molecule has 0 aliphatic carbocycles. The molecule has 0 saturated carbocycles. The number of carbonyl (C=O) groups excluding carboxylic acids is 2. The van der Waals surface area contributed by atoms with Crippen LogP contribution in [0.3, 0.4) is 0 Å². The quantitative estimate of drug-likeness (QED) is 0.220. The van der Waals surface area contributed by atoms with E-state index in [-0.39, 0.29) is 18.1 Å². The third-order valence-electron chi connectivity index (χ3n) is 7.83. The van der Waals surface area contributed by atoms with Crippen LogP contribution in [0.25, 0.3) is 17.0 Å². The predicted molar refractivity (Wildman–Crippen MR) is 175 cm³/mol. The molecule has 1 atom stereocenters. The van der Waals surface area contributed by atoms with Crippen LogP contribution in [0, 0.1) is 6.92 Å². The molecule has 228 valence electrons. The van der Waals surface area contributed by atoms with Crippen LogP contribution in [-0.2, 0) is 20.8 Å². The maximum Gasteiger partial charge on any atom is 0.338 e. The average Bonchev–Trinajstić information content (AvgIpc) is 3.53. The van der Waals surface area contributed by atoms with Crippen molar-refractivity contribution in [2.75, 3.05) is 13.2 Å². The van der Waals surface area contributed by atoms with Crippen molar-refractivity contribution in [3.05, 3.63) is 138 Å². The molecule has 2 aromatic heterocycles. The van der Waals surface area contributed by atoms with Crippen LogP contribution in [0.2, 0.25) is 0 Å². The predicted octanol–water partition coefficient (Wildman–Crippen LogP) is 5.29. The molecular weight excluding hydrogens is 586 g/mol. The summed E-state index contributed by atoms with van der Waals surface area (Å²) >= 11 is 1.31. The van der Waals surface area contributed by atoms with Crippen LogP contribution in [0.5, 0.6) is 0 Å². The molecule has 45 heavy (non-hydrogen) atoms. The van der Waals surface area contributed by atoms with Crippen molar-refractivity contribution in [3.8, 4) is 0 Å². The highest BCUT2D eigenvalue weighted by Gasteiger charge is 2.33. The number of ether oxygens (including phenoxy) is 2. The number of fused-ring (bicyclic) bond motifs is 2. The number of hydrogen-bond acceptors (Lipinski definition) is 7. The SMILES string of the molecule is CCOC(=O)C1=C(C)N=c2s/c(=C\c3cn(Cc4ccc(C(=O)OCC)cc4)c4ccccc34)c(=O)n2[C@H]1c1ccc(C)cc1. The third kappa shape index (κ3) is 5.79. The number of aromatic nitrogens is 2. The number of para-hydroxylation sites is 1. The van der Waals surface area contributed by atoms with Crippen LogP contribution in [0.1, 0.15) is 59.4 Å². The molecule has 9 heteroatoms. The molecular formula is C36H33N3O5S. The summed E-state index contributed by atoms with van der Waals surface area (Å²) in [4.78, 5) is 44.6. The number of hydrogen-bond donors (Lipinski definition) is 0. The van der Waals surface area contributed by atoms with Gasteiger partial charge in [0, 0.05) is 29.2 Å². The molecule has 0 radical (unpaired) electrons. The number of nitrogens with zero attached hydrogens (tertiary/aromatic N) is 3. The number of esters is 2. The molecule has 1 aliphatic rings. The zero-order valence-corrected chi connectivity index (χ0v) is 26.4. The second-order valence-electron chi connectivity index (χ2n) is 10.9. The van der Waals surface area contributed by atoms with Gasteiger partial charge in [-0.15, -0.1) is 0 Å². The first-order valence-electron chi connectivity index (χ1n) is 14.9. The van der Waals surface area contributed by atoms with E-state index in [2.05, 4.69) is 4.57 Å². The lowest BCUT2D eigenvalue weighted by molar-refractivity contribution is -0.139. The second-order valence-corrected chi connectivity index (χ2v) is 11.9. The van der Waals surface area contributed by atoms with Crippen molar-refractivity contribution in [1.82, 2.24) is 9.13 Å². The number of thiazole rings is 1. The monoisotopic (exact) mass is 619 g/mol. The summed E-state index contributed by atoms with van der Waals surface area (Å²) in [5.74, 6) is -0.814. The van der Waals surface area contributed by atoms with Crippen LogP contribution >= 0.6 is 11.3 Å². The van der Waals surface area contributed by atoms with Gasteiger partial charge in [0.1, 0.15) is 0 Å². The van der Waals surface area contributed by atoms with Gasteiger partial charge in [0.15, 0.2) is 4.80 Å². The molecule has 3 aromatic carbocycles. The van der Waals surface area contributed by atoms with E-state index >= 15 is 0 Å². The van der Waals surface area contributed by atoms with E-state index in [0.717, 1.165) is 33.2 Å². The molecule has 1 aliphatic heterocycles. The molecule has 0 N–H and O–H groups in total. The normalized spacial score (nSPS) is 14.8. The Hall–Kier alpha value is -5.02. The Kier molecular flexibility index (Phi) is 8.36. The van der Waals surface area contributed by atoms with E-state index in [1.807, 2.05) is 79.9 Å². The summed E-state index contributed by atoms with van der Waals surface area (Å²) in [6.45, 7) is 8.46. The van der Waals surface area contributed by atoms with Crippen molar-refractivity contribution in [3.63, 3.8) is 0 Å². The molecule has 8 nitrogen and oxygen atoms in total. The average molecular weight is 620 g/mol. The fourth-order valence-corrected chi connectivity index (χ4v) is 6.71. The Balaban J connectivity index is 1.44. The first-order chi connectivity index (χ1) is 21.8.